The van der Waals surface area contributed by atoms with E-state index in [1.807, 2.05) is 42.5 Å². The molecule has 0 aromatic heterocycles. The fraction of sp³-hybridized carbons (Fsp3) is 0.0476. The van der Waals surface area contributed by atoms with Crippen molar-refractivity contribution in [3.05, 3.63) is 90.0 Å². The molecule has 3 aromatic carbocycles. The minimum absolute atomic E-state index is 0.468. The van der Waals surface area contributed by atoms with Crippen LogP contribution >= 0.6 is 23.2 Å². The summed E-state index contributed by atoms with van der Waals surface area (Å²) in [7, 11) is -2.30. The summed E-state index contributed by atoms with van der Waals surface area (Å²) in [5, 5.41) is 2.59. The van der Waals surface area contributed by atoms with E-state index in [2.05, 4.69) is 18.7 Å². The largest absolute Gasteiger partial charge is 0.276 e. The summed E-state index contributed by atoms with van der Waals surface area (Å²) in [4.78, 5) is 22.8. The van der Waals surface area contributed by atoms with E-state index in [0.29, 0.717) is 11.1 Å². The normalized spacial score (nSPS) is 11.2. The van der Waals surface area contributed by atoms with E-state index >= 15 is 0 Å². The third-order valence-electron chi connectivity index (χ3n) is 4.73. The Hall–Kier alpha value is -2.20. The Morgan fingerprint density at radius 1 is 0.615 bits per heavy atom. The lowest BCUT2D eigenvalue weighted by molar-refractivity contribution is 0.107. The summed E-state index contributed by atoms with van der Waals surface area (Å²) in [6.07, 6.45) is 0. The zero-order valence-corrected chi connectivity index (χ0v) is 16.6. The molecule has 0 unspecified atom stereocenters. The Morgan fingerprint density at radius 2 is 0.962 bits per heavy atom. The lowest BCUT2D eigenvalue weighted by atomic mass is 10.2. The third kappa shape index (κ3) is 3.51. The zero-order valence-electron chi connectivity index (χ0n) is 14.1. The van der Waals surface area contributed by atoms with Gasteiger partial charge in [-0.15, -0.1) is 0 Å². The molecule has 0 N–H and O–H groups in total. The summed E-state index contributed by atoms with van der Waals surface area (Å²) in [5.41, 5.74) is 0.950. The predicted octanol–water partition coefficient (Wildman–Crippen LogP) is 3.54. The maximum absolute atomic E-state index is 11.4. The van der Waals surface area contributed by atoms with Crippen molar-refractivity contribution < 1.29 is 9.59 Å². The first kappa shape index (κ1) is 18.6. The molecule has 2 nitrogen and oxygen atoms in total. The van der Waals surface area contributed by atoms with Gasteiger partial charge in [-0.25, -0.2) is 0 Å². The Balaban J connectivity index is 2.17. The van der Waals surface area contributed by atoms with Crippen LogP contribution in [0.5, 0.6) is 0 Å². The lowest BCUT2D eigenvalue weighted by Crippen LogP contribution is -2.64. The van der Waals surface area contributed by atoms with Crippen molar-refractivity contribution in [2.45, 2.75) is 6.55 Å². The van der Waals surface area contributed by atoms with Gasteiger partial charge in [0.05, 0.1) is 0 Å². The summed E-state index contributed by atoms with van der Waals surface area (Å²) in [6, 6.07) is 25.2. The van der Waals surface area contributed by atoms with Gasteiger partial charge in [-0.3, -0.25) is 9.59 Å². The molecule has 0 radical (unpaired) electrons. The zero-order chi connectivity index (χ0) is 18.7. The van der Waals surface area contributed by atoms with Gasteiger partial charge in [0.15, 0.2) is 0 Å². The van der Waals surface area contributed by atoms with Gasteiger partial charge in [0.25, 0.3) is 10.5 Å². The quantitative estimate of drug-likeness (QED) is 0.374. The second kappa shape index (κ2) is 7.58. The maximum atomic E-state index is 11.4. The van der Waals surface area contributed by atoms with Gasteiger partial charge in [-0.2, -0.15) is 0 Å². The van der Waals surface area contributed by atoms with Crippen molar-refractivity contribution in [2.24, 2.45) is 0 Å². The van der Waals surface area contributed by atoms with Gasteiger partial charge in [0.2, 0.25) is 0 Å². The molecule has 0 atom stereocenters. The van der Waals surface area contributed by atoms with Gasteiger partial charge < -0.3 is 0 Å². The van der Waals surface area contributed by atoms with Crippen molar-refractivity contribution in [3.8, 4) is 0 Å². The lowest BCUT2D eigenvalue weighted by Gasteiger charge is -2.29. The molecule has 26 heavy (non-hydrogen) atoms. The highest BCUT2D eigenvalue weighted by Gasteiger charge is 2.34. The van der Waals surface area contributed by atoms with Gasteiger partial charge in [-0.1, -0.05) is 85.4 Å². The van der Waals surface area contributed by atoms with Crippen LogP contribution in [-0.4, -0.2) is 18.6 Å². The van der Waals surface area contributed by atoms with E-state index in [0.717, 1.165) is 10.4 Å². The molecular formula is C21H16Cl2O2Si. The molecule has 0 saturated heterocycles. The van der Waals surface area contributed by atoms with E-state index in [1.165, 1.54) is 5.19 Å². The number of halogens is 2. The van der Waals surface area contributed by atoms with Crippen LogP contribution in [0.3, 0.4) is 0 Å². The van der Waals surface area contributed by atoms with Gasteiger partial charge >= 0.3 is 0 Å². The summed E-state index contributed by atoms with van der Waals surface area (Å²) in [5.74, 6) is 0. The van der Waals surface area contributed by atoms with Crippen LogP contribution in [-0.2, 0) is 0 Å². The number of hydrogen-bond donors (Lipinski definition) is 0. The molecular weight excluding hydrogens is 383 g/mol. The Kier molecular flexibility index (Phi) is 5.42. The third-order valence-corrected chi connectivity index (χ3v) is 9.63. The van der Waals surface area contributed by atoms with E-state index < -0.39 is 18.6 Å². The predicted molar refractivity (Wildman–Crippen MR) is 110 cm³/mol. The van der Waals surface area contributed by atoms with Gasteiger partial charge in [0, 0.05) is 11.1 Å². The molecule has 0 saturated carbocycles. The van der Waals surface area contributed by atoms with Crippen LogP contribution < -0.4 is 15.6 Å². The van der Waals surface area contributed by atoms with Crippen LogP contribution in [0.1, 0.15) is 20.7 Å². The molecule has 130 valence electrons. The average Bonchev–Trinajstić information content (AvgIpc) is 2.68. The number of carbonyl (C=O) groups excluding carboxylic acids is 2. The standard InChI is InChI=1S/C21H16Cl2O2Si/c1-26(17-5-3-2-4-6-17,18-11-7-15(8-12-18)20(22)24)19-13-9-16(10-14-19)21(23)25/h2-14H,1H3. The first-order valence-corrected chi connectivity index (χ1v) is 11.3. The number of carbonyl (C=O) groups is 2. The average molecular weight is 399 g/mol. The van der Waals surface area contributed by atoms with Crippen molar-refractivity contribution in [1.29, 1.82) is 0 Å². The van der Waals surface area contributed by atoms with E-state index in [4.69, 9.17) is 23.2 Å². The van der Waals surface area contributed by atoms with Crippen LogP contribution in [0.2, 0.25) is 6.55 Å². The molecule has 3 rings (SSSR count). The van der Waals surface area contributed by atoms with E-state index in [-0.39, 0.29) is 0 Å². The minimum Gasteiger partial charge on any atom is -0.276 e. The monoisotopic (exact) mass is 398 g/mol. The highest BCUT2D eigenvalue weighted by atomic mass is 35.5. The molecule has 0 aliphatic rings. The molecule has 0 aliphatic heterocycles. The van der Waals surface area contributed by atoms with Crippen molar-refractivity contribution >= 4 is 57.3 Å². The van der Waals surface area contributed by atoms with Crippen LogP contribution in [0, 0.1) is 0 Å². The number of hydrogen-bond acceptors (Lipinski definition) is 2. The van der Waals surface area contributed by atoms with Crippen molar-refractivity contribution in [3.63, 3.8) is 0 Å². The number of rotatable bonds is 5. The first-order valence-electron chi connectivity index (χ1n) is 8.09. The first-order chi connectivity index (χ1) is 12.4. The van der Waals surface area contributed by atoms with Crippen LogP contribution in [0.4, 0.5) is 0 Å². The molecule has 0 amide bonds. The van der Waals surface area contributed by atoms with Gasteiger partial charge in [-0.05, 0) is 38.8 Å². The highest BCUT2D eigenvalue weighted by molar-refractivity contribution is 7.10. The Bertz CT molecular complexity index is 879. The molecule has 5 heteroatoms. The Morgan fingerprint density at radius 3 is 1.31 bits per heavy atom. The van der Waals surface area contributed by atoms with Crippen LogP contribution in [0.25, 0.3) is 0 Å². The SMILES string of the molecule is C[Si](c1ccccc1)(c1ccc(C(=O)Cl)cc1)c1ccc(C(=O)Cl)cc1. The minimum atomic E-state index is -2.30. The molecule has 0 heterocycles. The summed E-state index contributed by atoms with van der Waals surface area (Å²) >= 11 is 11.2. The molecule has 0 aliphatic carbocycles. The summed E-state index contributed by atoms with van der Waals surface area (Å²) < 4.78 is 0. The van der Waals surface area contributed by atoms with Crippen molar-refractivity contribution in [1.82, 2.24) is 0 Å². The van der Waals surface area contributed by atoms with Crippen LogP contribution in [0.15, 0.2) is 78.9 Å². The smallest absolute Gasteiger partial charge is 0.252 e. The number of benzene rings is 3. The van der Waals surface area contributed by atoms with Gasteiger partial charge in [0.1, 0.15) is 8.07 Å². The fourth-order valence-electron chi connectivity index (χ4n) is 3.14. The van der Waals surface area contributed by atoms with E-state index in [9.17, 15) is 9.59 Å². The Labute approximate surface area is 163 Å². The maximum Gasteiger partial charge on any atom is 0.252 e. The molecule has 0 fully saturated rings. The second-order valence-electron chi connectivity index (χ2n) is 6.19. The second-order valence-corrected chi connectivity index (χ2v) is 10.9. The van der Waals surface area contributed by atoms with E-state index in [1.54, 1.807) is 24.3 Å². The molecule has 3 aromatic rings. The van der Waals surface area contributed by atoms with Crippen molar-refractivity contribution in [2.75, 3.05) is 0 Å². The highest BCUT2D eigenvalue weighted by Crippen LogP contribution is 2.11. The molecule has 0 bridgehead atoms. The summed E-state index contributed by atoms with van der Waals surface area (Å²) in [6.45, 7) is 2.25. The molecule has 0 spiro atoms. The fourth-order valence-corrected chi connectivity index (χ4v) is 6.92. The topological polar surface area (TPSA) is 34.1 Å².